The minimum absolute atomic E-state index is 0.218. The number of aromatic nitrogens is 1. The minimum Gasteiger partial charge on any atom is -0.497 e. The Morgan fingerprint density at radius 3 is 2.56 bits per heavy atom. The van der Waals surface area contributed by atoms with Crippen LogP contribution in [0, 0.1) is 13.8 Å². The molecule has 1 amide bonds. The number of hydrogen-bond donors (Lipinski definition) is 2. The number of anilines is 1. The van der Waals surface area contributed by atoms with Crippen molar-refractivity contribution in [1.82, 2.24) is 10.3 Å². The molecule has 32 heavy (non-hydrogen) atoms. The maximum atomic E-state index is 12.4. The normalized spacial score (nSPS) is 10.7. The number of nitrogens with one attached hydrogen (secondary N) is 2. The van der Waals surface area contributed by atoms with Crippen LogP contribution in [0.15, 0.2) is 65.1 Å². The highest BCUT2D eigenvalue weighted by Crippen LogP contribution is 2.22. The second-order valence-electron chi connectivity index (χ2n) is 7.53. The van der Waals surface area contributed by atoms with E-state index in [9.17, 15) is 4.79 Å². The highest BCUT2D eigenvalue weighted by atomic mass is 32.1. The molecular weight excluding hydrogens is 422 g/mol. The van der Waals surface area contributed by atoms with Crippen molar-refractivity contribution < 1.29 is 13.9 Å². The average Bonchev–Trinajstić information content (AvgIpc) is 3.16. The zero-order valence-corrected chi connectivity index (χ0v) is 18.9. The van der Waals surface area contributed by atoms with Crippen LogP contribution in [-0.4, -0.2) is 23.1 Å². The second kappa shape index (κ2) is 9.20. The number of carbonyl (C=O) groups is 1. The molecule has 1 heterocycles. The van der Waals surface area contributed by atoms with Crippen molar-refractivity contribution in [3.05, 3.63) is 88.8 Å². The van der Waals surface area contributed by atoms with Crippen LogP contribution in [0.2, 0.25) is 0 Å². The van der Waals surface area contributed by atoms with Crippen LogP contribution in [0.3, 0.4) is 0 Å². The molecule has 0 radical (unpaired) electrons. The number of nitrogens with zero attached hydrogens (tertiary/aromatic N) is 1. The van der Waals surface area contributed by atoms with Gasteiger partial charge in [0.25, 0.3) is 5.91 Å². The predicted molar refractivity (Wildman–Crippen MR) is 129 cm³/mol. The SMILES string of the molecule is COc1cccc(C(=O)NC(=S)Nc2ccc(Cc3nc4cc(C)c(C)cc4o3)cc2)c1. The standard InChI is InChI=1S/C25H23N3O3S/c1-15-11-21-22(12-16(15)2)31-23(27-21)13-17-7-9-19(10-8-17)26-25(32)28-24(29)18-5-4-6-20(14-18)30-3/h4-12,14H,13H2,1-3H3,(H2,26,28,29,32). The molecule has 0 aliphatic carbocycles. The Hall–Kier alpha value is -3.71. The second-order valence-corrected chi connectivity index (χ2v) is 7.93. The van der Waals surface area contributed by atoms with Crippen molar-refractivity contribution >= 4 is 40.0 Å². The first-order valence-corrected chi connectivity index (χ1v) is 10.5. The van der Waals surface area contributed by atoms with Gasteiger partial charge in [0.2, 0.25) is 0 Å². The van der Waals surface area contributed by atoms with Crippen molar-refractivity contribution in [2.24, 2.45) is 0 Å². The number of methoxy groups -OCH3 is 1. The molecule has 0 unspecified atom stereocenters. The summed E-state index contributed by atoms with van der Waals surface area (Å²) in [7, 11) is 1.55. The van der Waals surface area contributed by atoms with Gasteiger partial charge in [-0.3, -0.25) is 10.1 Å². The number of amides is 1. The first-order chi connectivity index (χ1) is 15.4. The third-order valence-corrected chi connectivity index (χ3v) is 5.38. The van der Waals surface area contributed by atoms with E-state index in [4.69, 9.17) is 21.4 Å². The molecule has 1 aromatic heterocycles. The van der Waals surface area contributed by atoms with Crippen molar-refractivity contribution in [3.63, 3.8) is 0 Å². The molecule has 0 saturated heterocycles. The maximum absolute atomic E-state index is 12.4. The minimum atomic E-state index is -0.306. The Morgan fingerprint density at radius 1 is 1.06 bits per heavy atom. The molecule has 0 aliphatic heterocycles. The number of oxazole rings is 1. The summed E-state index contributed by atoms with van der Waals surface area (Å²) in [6.07, 6.45) is 0.587. The molecular formula is C25H23N3O3S. The fourth-order valence-corrected chi connectivity index (χ4v) is 3.50. The largest absolute Gasteiger partial charge is 0.497 e. The molecule has 4 rings (SSSR count). The fraction of sp³-hybridized carbons (Fsp3) is 0.160. The van der Waals surface area contributed by atoms with E-state index in [1.165, 1.54) is 11.1 Å². The summed E-state index contributed by atoms with van der Waals surface area (Å²) >= 11 is 5.27. The van der Waals surface area contributed by atoms with Crippen LogP contribution in [0.4, 0.5) is 5.69 Å². The molecule has 2 N–H and O–H groups in total. The molecule has 3 aromatic carbocycles. The van der Waals surface area contributed by atoms with E-state index < -0.39 is 0 Å². The lowest BCUT2D eigenvalue weighted by Gasteiger charge is -2.10. The van der Waals surface area contributed by atoms with E-state index in [0.717, 1.165) is 22.4 Å². The molecule has 162 valence electrons. The topological polar surface area (TPSA) is 76.4 Å². The molecule has 0 aliphatic rings. The summed E-state index contributed by atoms with van der Waals surface area (Å²) in [5, 5.41) is 5.92. The molecule has 7 heteroatoms. The van der Waals surface area contributed by atoms with Gasteiger partial charge in [-0.05, 0) is 85.2 Å². The smallest absolute Gasteiger partial charge is 0.257 e. The van der Waals surface area contributed by atoms with Gasteiger partial charge < -0.3 is 14.5 Å². The van der Waals surface area contributed by atoms with Crippen molar-refractivity contribution in [2.75, 3.05) is 12.4 Å². The summed E-state index contributed by atoms with van der Waals surface area (Å²) in [6.45, 7) is 4.13. The van der Waals surface area contributed by atoms with Gasteiger partial charge >= 0.3 is 0 Å². The average molecular weight is 446 g/mol. The van der Waals surface area contributed by atoms with Gasteiger partial charge in [-0.25, -0.2) is 4.98 Å². The van der Waals surface area contributed by atoms with Crippen molar-refractivity contribution in [1.29, 1.82) is 0 Å². The molecule has 0 spiro atoms. The van der Waals surface area contributed by atoms with Crippen LogP contribution < -0.4 is 15.4 Å². The highest BCUT2D eigenvalue weighted by Gasteiger charge is 2.10. The lowest BCUT2D eigenvalue weighted by atomic mass is 10.1. The van der Waals surface area contributed by atoms with Gasteiger partial charge in [-0.1, -0.05) is 18.2 Å². The lowest BCUT2D eigenvalue weighted by molar-refractivity contribution is 0.0977. The third kappa shape index (κ3) is 4.95. The van der Waals surface area contributed by atoms with E-state index in [-0.39, 0.29) is 11.0 Å². The molecule has 0 fully saturated rings. The van der Waals surface area contributed by atoms with Crippen LogP contribution >= 0.6 is 12.2 Å². The summed E-state index contributed by atoms with van der Waals surface area (Å²) in [5.41, 5.74) is 6.35. The number of fused-ring (bicyclic) bond motifs is 1. The monoisotopic (exact) mass is 445 g/mol. The van der Waals surface area contributed by atoms with Gasteiger partial charge in [0.05, 0.1) is 7.11 Å². The van der Waals surface area contributed by atoms with E-state index >= 15 is 0 Å². The number of thiocarbonyl (C=S) groups is 1. The summed E-state index contributed by atoms with van der Waals surface area (Å²) in [5.74, 6) is 0.975. The van der Waals surface area contributed by atoms with Gasteiger partial charge in [0, 0.05) is 17.7 Å². The number of rotatable bonds is 5. The molecule has 0 atom stereocenters. The number of ether oxygens (including phenoxy) is 1. The maximum Gasteiger partial charge on any atom is 0.257 e. The zero-order chi connectivity index (χ0) is 22.7. The predicted octanol–water partition coefficient (Wildman–Crippen LogP) is 5.17. The summed E-state index contributed by atoms with van der Waals surface area (Å²) in [4.78, 5) is 17.0. The van der Waals surface area contributed by atoms with E-state index in [0.29, 0.717) is 23.6 Å². The Kier molecular flexibility index (Phi) is 6.18. The van der Waals surface area contributed by atoms with Gasteiger partial charge in [0.15, 0.2) is 16.6 Å². The number of benzene rings is 3. The van der Waals surface area contributed by atoms with Gasteiger partial charge in [0.1, 0.15) is 11.3 Å². The van der Waals surface area contributed by atoms with Gasteiger partial charge in [-0.2, -0.15) is 0 Å². The molecule has 0 saturated carbocycles. The first-order valence-electron chi connectivity index (χ1n) is 10.1. The van der Waals surface area contributed by atoms with E-state index in [1.54, 1.807) is 31.4 Å². The Labute approximate surface area is 191 Å². The highest BCUT2D eigenvalue weighted by molar-refractivity contribution is 7.80. The number of aryl methyl sites for hydroxylation is 2. The summed E-state index contributed by atoms with van der Waals surface area (Å²) in [6, 6.07) is 18.7. The Morgan fingerprint density at radius 2 is 1.81 bits per heavy atom. The van der Waals surface area contributed by atoms with Crippen LogP contribution in [-0.2, 0) is 6.42 Å². The molecule has 0 bridgehead atoms. The molecule has 4 aromatic rings. The lowest BCUT2D eigenvalue weighted by Crippen LogP contribution is -2.34. The van der Waals surface area contributed by atoms with Crippen molar-refractivity contribution in [2.45, 2.75) is 20.3 Å². The first kappa shape index (κ1) is 21.5. The van der Waals surface area contributed by atoms with Crippen LogP contribution in [0.5, 0.6) is 5.75 Å². The quantitative estimate of drug-likeness (QED) is 0.413. The number of carbonyl (C=O) groups excluding carboxylic acids is 1. The van der Waals surface area contributed by atoms with Crippen molar-refractivity contribution in [3.8, 4) is 5.75 Å². The van der Waals surface area contributed by atoms with Crippen LogP contribution in [0.1, 0.15) is 32.9 Å². The summed E-state index contributed by atoms with van der Waals surface area (Å²) < 4.78 is 11.0. The zero-order valence-electron chi connectivity index (χ0n) is 18.1. The van der Waals surface area contributed by atoms with E-state index in [2.05, 4.69) is 29.5 Å². The molecule has 6 nitrogen and oxygen atoms in total. The van der Waals surface area contributed by atoms with E-state index in [1.807, 2.05) is 36.4 Å². The Balaban J connectivity index is 1.37. The third-order valence-electron chi connectivity index (χ3n) is 5.17. The Bertz CT molecular complexity index is 1260. The van der Waals surface area contributed by atoms with Gasteiger partial charge in [-0.15, -0.1) is 0 Å². The van der Waals surface area contributed by atoms with Crippen LogP contribution in [0.25, 0.3) is 11.1 Å². The fourth-order valence-electron chi connectivity index (χ4n) is 3.29. The number of hydrogen-bond acceptors (Lipinski definition) is 5.